The van der Waals surface area contributed by atoms with Gasteiger partial charge in [-0.25, -0.2) is 9.97 Å². The first-order valence-electron chi connectivity index (χ1n) is 6.12. The van der Waals surface area contributed by atoms with Crippen LogP contribution in [0.1, 0.15) is 23.0 Å². The Morgan fingerprint density at radius 2 is 2.21 bits per heavy atom. The summed E-state index contributed by atoms with van der Waals surface area (Å²) in [6.45, 7) is 2.98. The Hall–Kier alpha value is -1.95. The van der Waals surface area contributed by atoms with Crippen LogP contribution in [0.5, 0.6) is 0 Å². The van der Waals surface area contributed by atoms with Crippen molar-refractivity contribution in [3.8, 4) is 10.6 Å². The van der Waals surface area contributed by atoms with Gasteiger partial charge in [0.25, 0.3) is 5.91 Å². The molecule has 0 bridgehead atoms. The number of hydrogen-bond acceptors (Lipinski definition) is 5. The normalized spacial score (nSPS) is 10.2. The molecule has 0 fully saturated rings. The Kier molecular flexibility index (Phi) is 4.46. The predicted molar refractivity (Wildman–Crippen MR) is 77.5 cm³/mol. The summed E-state index contributed by atoms with van der Waals surface area (Å²) in [6.07, 6.45) is 2.58. The maximum absolute atomic E-state index is 11.5. The Labute approximate surface area is 116 Å². The molecule has 19 heavy (non-hydrogen) atoms. The van der Waals surface area contributed by atoms with Crippen molar-refractivity contribution in [2.45, 2.75) is 13.3 Å². The number of rotatable bonds is 5. The van der Waals surface area contributed by atoms with Gasteiger partial charge in [-0.2, -0.15) is 0 Å². The van der Waals surface area contributed by atoms with E-state index in [1.807, 2.05) is 12.1 Å². The molecule has 5 nitrogen and oxygen atoms in total. The number of nitrogens with zero attached hydrogens (tertiary/aromatic N) is 2. The van der Waals surface area contributed by atoms with Crippen molar-refractivity contribution in [3.63, 3.8) is 0 Å². The molecule has 0 aliphatic carbocycles. The number of carbonyl (C=O) groups is 1. The van der Waals surface area contributed by atoms with Crippen LogP contribution in [-0.4, -0.2) is 29.5 Å². The number of hydrogen-bond donors (Lipinski definition) is 2. The predicted octanol–water partition coefficient (Wildman–Crippen LogP) is 2.39. The average Bonchev–Trinajstić information content (AvgIpc) is 2.94. The molecule has 0 aliphatic rings. The van der Waals surface area contributed by atoms with Crippen molar-refractivity contribution in [2.24, 2.45) is 0 Å². The van der Waals surface area contributed by atoms with E-state index < -0.39 is 0 Å². The first kappa shape index (κ1) is 13.5. The molecule has 2 N–H and O–H groups in total. The SMILES string of the molecule is CCCNc1cc(-c2ccc(C(=O)NC)s2)ncn1. The van der Waals surface area contributed by atoms with E-state index in [0.29, 0.717) is 4.88 Å². The highest BCUT2D eigenvalue weighted by atomic mass is 32.1. The lowest BCUT2D eigenvalue weighted by molar-refractivity contribution is 0.0967. The van der Waals surface area contributed by atoms with Crippen LogP contribution in [0, 0.1) is 0 Å². The molecule has 1 amide bonds. The number of nitrogens with one attached hydrogen (secondary N) is 2. The molecule has 0 aliphatic heterocycles. The quantitative estimate of drug-likeness (QED) is 0.880. The minimum absolute atomic E-state index is 0.0744. The smallest absolute Gasteiger partial charge is 0.261 e. The van der Waals surface area contributed by atoms with Crippen molar-refractivity contribution < 1.29 is 4.79 Å². The molecule has 2 aromatic rings. The number of anilines is 1. The van der Waals surface area contributed by atoms with Crippen LogP contribution >= 0.6 is 11.3 Å². The van der Waals surface area contributed by atoms with E-state index in [1.54, 1.807) is 13.1 Å². The lowest BCUT2D eigenvalue weighted by Gasteiger charge is -2.04. The summed E-state index contributed by atoms with van der Waals surface area (Å²) >= 11 is 1.42. The molecule has 0 aromatic carbocycles. The molecule has 2 aromatic heterocycles. The van der Waals surface area contributed by atoms with Crippen molar-refractivity contribution in [1.82, 2.24) is 15.3 Å². The van der Waals surface area contributed by atoms with Gasteiger partial charge in [-0.05, 0) is 18.6 Å². The molecule has 0 saturated carbocycles. The number of carbonyl (C=O) groups excluding carboxylic acids is 1. The minimum Gasteiger partial charge on any atom is -0.370 e. The minimum atomic E-state index is -0.0744. The highest BCUT2D eigenvalue weighted by Gasteiger charge is 2.09. The van der Waals surface area contributed by atoms with E-state index in [-0.39, 0.29) is 5.91 Å². The third kappa shape index (κ3) is 3.29. The van der Waals surface area contributed by atoms with Crippen LogP contribution in [0.25, 0.3) is 10.6 Å². The van der Waals surface area contributed by atoms with Gasteiger partial charge in [-0.3, -0.25) is 4.79 Å². The highest BCUT2D eigenvalue weighted by molar-refractivity contribution is 7.17. The largest absolute Gasteiger partial charge is 0.370 e. The van der Waals surface area contributed by atoms with Gasteiger partial charge in [-0.1, -0.05) is 6.92 Å². The number of aromatic nitrogens is 2. The van der Waals surface area contributed by atoms with E-state index in [9.17, 15) is 4.79 Å². The summed E-state index contributed by atoms with van der Waals surface area (Å²) in [4.78, 5) is 21.6. The second kappa shape index (κ2) is 6.29. The lowest BCUT2D eigenvalue weighted by Crippen LogP contribution is -2.15. The maximum atomic E-state index is 11.5. The van der Waals surface area contributed by atoms with Crippen molar-refractivity contribution in [1.29, 1.82) is 0 Å². The van der Waals surface area contributed by atoms with Gasteiger partial charge in [0.2, 0.25) is 0 Å². The third-order valence-corrected chi connectivity index (χ3v) is 3.64. The lowest BCUT2D eigenvalue weighted by atomic mass is 10.3. The summed E-state index contributed by atoms with van der Waals surface area (Å²) in [7, 11) is 1.62. The van der Waals surface area contributed by atoms with Crippen LogP contribution < -0.4 is 10.6 Å². The standard InChI is InChI=1S/C13H16N4OS/c1-3-6-15-12-7-9(16-8-17-12)10-4-5-11(19-10)13(18)14-2/h4-5,7-8H,3,6H2,1-2H3,(H,14,18)(H,15,16,17). The molecular formula is C13H16N4OS. The third-order valence-electron chi connectivity index (χ3n) is 2.53. The van der Waals surface area contributed by atoms with Crippen LogP contribution in [0.2, 0.25) is 0 Å². The second-order valence-electron chi connectivity index (χ2n) is 3.96. The van der Waals surface area contributed by atoms with Gasteiger partial charge in [0, 0.05) is 19.7 Å². The average molecular weight is 276 g/mol. The summed E-state index contributed by atoms with van der Waals surface area (Å²) in [5.41, 5.74) is 0.828. The second-order valence-corrected chi connectivity index (χ2v) is 5.04. The summed E-state index contributed by atoms with van der Waals surface area (Å²) in [6, 6.07) is 5.61. The molecule has 0 atom stereocenters. The molecule has 0 spiro atoms. The van der Waals surface area contributed by atoms with E-state index in [2.05, 4.69) is 27.5 Å². The van der Waals surface area contributed by atoms with E-state index in [4.69, 9.17) is 0 Å². The fourth-order valence-electron chi connectivity index (χ4n) is 1.56. The van der Waals surface area contributed by atoms with Crippen molar-refractivity contribution in [3.05, 3.63) is 29.4 Å². The van der Waals surface area contributed by atoms with Gasteiger partial charge in [-0.15, -0.1) is 11.3 Å². The fraction of sp³-hybridized carbons (Fsp3) is 0.308. The number of thiophene rings is 1. The Morgan fingerprint density at radius 1 is 1.37 bits per heavy atom. The van der Waals surface area contributed by atoms with E-state index in [0.717, 1.165) is 29.4 Å². The zero-order valence-electron chi connectivity index (χ0n) is 10.9. The molecule has 0 unspecified atom stereocenters. The van der Waals surface area contributed by atoms with E-state index >= 15 is 0 Å². The first-order valence-corrected chi connectivity index (χ1v) is 6.94. The summed E-state index contributed by atoms with van der Waals surface area (Å²) in [5, 5.41) is 5.83. The van der Waals surface area contributed by atoms with Crippen molar-refractivity contribution in [2.75, 3.05) is 18.9 Å². The van der Waals surface area contributed by atoms with Gasteiger partial charge in [0.05, 0.1) is 15.4 Å². The van der Waals surface area contributed by atoms with E-state index in [1.165, 1.54) is 17.7 Å². The number of amides is 1. The zero-order chi connectivity index (χ0) is 13.7. The van der Waals surface area contributed by atoms with Crippen LogP contribution in [0.3, 0.4) is 0 Å². The fourth-order valence-corrected chi connectivity index (χ4v) is 2.48. The molecule has 2 rings (SSSR count). The topological polar surface area (TPSA) is 66.9 Å². The molecular weight excluding hydrogens is 260 g/mol. The van der Waals surface area contributed by atoms with Crippen LogP contribution in [-0.2, 0) is 0 Å². The zero-order valence-corrected chi connectivity index (χ0v) is 11.8. The summed E-state index contributed by atoms with van der Waals surface area (Å²) in [5.74, 6) is 0.733. The molecule has 0 saturated heterocycles. The summed E-state index contributed by atoms with van der Waals surface area (Å²) < 4.78 is 0. The van der Waals surface area contributed by atoms with Gasteiger partial charge in [0.15, 0.2) is 0 Å². The monoisotopic (exact) mass is 276 g/mol. The molecule has 6 heteroatoms. The molecule has 0 radical (unpaired) electrons. The first-order chi connectivity index (χ1) is 9.24. The van der Waals surface area contributed by atoms with Gasteiger partial charge >= 0.3 is 0 Å². The van der Waals surface area contributed by atoms with Crippen LogP contribution in [0.4, 0.5) is 5.82 Å². The molecule has 2 heterocycles. The van der Waals surface area contributed by atoms with Gasteiger partial charge in [0.1, 0.15) is 12.1 Å². The van der Waals surface area contributed by atoms with Crippen molar-refractivity contribution >= 4 is 23.1 Å². The Balaban J connectivity index is 2.21. The van der Waals surface area contributed by atoms with Crippen LogP contribution in [0.15, 0.2) is 24.5 Å². The Morgan fingerprint density at radius 3 is 2.95 bits per heavy atom. The highest BCUT2D eigenvalue weighted by Crippen LogP contribution is 2.27. The Bertz CT molecular complexity index is 567. The van der Waals surface area contributed by atoms with Gasteiger partial charge < -0.3 is 10.6 Å². The maximum Gasteiger partial charge on any atom is 0.261 e. The molecule has 100 valence electrons.